The predicted molar refractivity (Wildman–Crippen MR) is 91.1 cm³/mol. The molecule has 0 aliphatic carbocycles. The number of carbonyl (C=O) groups is 1. The normalized spacial score (nSPS) is 17.1. The molecule has 0 fully saturated rings. The van der Waals surface area contributed by atoms with Gasteiger partial charge < -0.3 is 10.2 Å². The van der Waals surface area contributed by atoms with Crippen LogP contribution < -0.4 is 5.32 Å². The Hall–Kier alpha value is -1.91. The molecule has 0 bridgehead atoms. The van der Waals surface area contributed by atoms with Crippen LogP contribution in [0.15, 0.2) is 54.4 Å². The molecule has 1 N–H and O–H groups in total. The maximum Gasteiger partial charge on any atom is 0.237 e. The second kappa shape index (κ2) is 6.90. The largest absolute Gasteiger partial charge is 0.330 e. The van der Waals surface area contributed by atoms with Gasteiger partial charge in [-0.25, -0.2) is 0 Å². The molecule has 4 heteroatoms. The van der Waals surface area contributed by atoms with Crippen molar-refractivity contribution < 1.29 is 4.79 Å². The predicted octanol–water partition coefficient (Wildman–Crippen LogP) is 3.00. The first-order valence-corrected chi connectivity index (χ1v) is 8.41. The SMILES string of the molecule is C=CCNCC(=O)N1CCc2sccc2C1c1ccccc1. The lowest BCUT2D eigenvalue weighted by atomic mass is 9.93. The minimum absolute atomic E-state index is 0.0363. The van der Waals surface area contributed by atoms with Gasteiger partial charge in [0.15, 0.2) is 0 Å². The van der Waals surface area contributed by atoms with Crippen LogP contribution in [0.1, 0.15) is 22.0 Å². The van der Waals surface area contributed by atoms with Crippen LogP contribution in [0.25, 0.3) is 0 Å². The van der Waals surface area contributed by atoms with Crippen molar-refractivity contribution in [2.45, 2.75) is 12.5 Å². The van der Waals surface area contributed by atoms with Gasteiger partial charge in [0.2, 0.25) is 5.91 Å². The summed E-state index contributed by atoms with van der Waals surface area (Å²) in [5.74, 6) is 0.146. The van der Waals surface area contributed by atoms with Gasteiger partial charge in [-0.3, -0.25) is 4.79 Å². The molecular formula is C18H20N2OS. The fourth-order valence-electron chi connectivity index (χ4n) is 2.96. The quantitative estimate of drug-likeness (QED) is 0.680. The summed E-state index contributed by atoms with van der Waals surface area (Å²) in [7, 11) is 0. The van der Waals surface area contributed by atoms with E-state index in [1.54, 1.807) is 17.4 Å². The lowest BCUT2D eigenvalue weighted by Crippen LogP contribution is -2.44. The fourth-order valence-corrected chi connectivity index (χ4v) is 3.87. The van der Waals surface area contributed by atoms with Gasteiger partial charge in [-0.1, -0.05) is 36.4 Å². The number of hydrogen-bond acceptors (Lipinski definition) is 3. The molecule has 1 aliphatic rings. The number of carbonyl (C=O) groups excluding carboxylic acids is 1. The number of nitrogens with zero attached hydrogens (tertiary/aromatic N) is 1. The third-order valence-corrected chi connectivity index (χ3v) is 4.96. The van der Waals surface area contributed by atoms with Crippen molar-refractivity contribution in [3.05, 3.63) is 70.4 Å². The van der Waals surface area contributed by atoms with E-state index in [0.29, 0.717) is 13.1 Å². The first-order valence-electron chi connectivity index (χ1n) is 7.53. The highest BCUT2D eigenvalue weighted by molar-refractivity contribution is 7.10. The molecule has 3 nitrogen and oxygen atoms in total. The van der Waals surface area contributed by atoms with E-state index >= 15 is 0 Å². The lowest BCUT2D eigenvalue weighted by Gasteiger charge is -2.36. The molecule has 0 saturated carbocycles. The molecule has 1 unspecified atom stereocenters. The lowest BCUT2D eigenvalue weighted by molar-refractivity contribution is -0.132. The van der Waals surface area contributed by atoms with Crippen molar-refractivity contribution in [3.8, 4) is 0 Å². The second-order valence-corrected chi connectivity index (χ2v) is 6.37. The van der Waals surface area contributed by atoms with E-state index in [1.807, 2.05) is 23.1 Å². The van der Waals surface area contributed by atoms with E-state index < -0.39 is 0 Å². The van der Waals surface area contributed by atoms with Gasteiger partial charge in [-0.05, 0) is 29.0 Å². The van der Waals surface area contributed by atoms with Crippen molar-refractivity contribution in [1.29, 1.82) is 0 Å². The molecular weight excluding hydrogens is 292 g/mol. The Labute approximate surface area is 135 Å². The van der Waals surface area contributed by atoms with Crippen LogP contribution in [-0.4, -0.2) is 30.4 Å². The number of nitrogens with one attached hydrogen (secondary N) is 1. The summed E-state index contributed by atoms with van der Waals surface area (Å²) in [5.41, 5.74) is 2.46. The van der Waals surface area contributed by atoms with E-state index in [9.17, 15) is 4.79 Å². The summed E-state index contributed by atoms with van der Waals surface area (Å²) in [6.45, 7) is 5.46. The maximum absolute atomic E-state index is 12.6. The van der Waals surface area contributed by atoms with Crippen LogP contribution in [0.3, 0.4) is 0 Å². The Morgan fingerprint density at radius 3 is 2.95 bits per heavy atom. The Bertz CT molecular complexity index is 650. The smallest absolute Gasteiger partial charge is 0.237 e. The molecule has 3 rings (SSSR count). The molecule has 2 heterocycles. The average Bonchev–Trinajstić information content (AvgIpc) is 3.03. The van der Waals surface area contributed by atoms with Crippen molar-refractivity contribution in [3.63, 3.8) is 0 Å². The number of rotatable bonds is 5. The van der Waals surface area contributed by atoms with Crippen LogP contribution >= 0.6 is 11.3 Å². The summed E-state index contributed by atoms with van der Waals surface area (Å²) in [6.07, 6.45) is 2.72. The van der Waals surface area contributed by atoms with E-state index in [1.165, 1.54) is 16.0 Å². The third-order valence-electron chi connectivity index (χ3n) is 3.97. The van der Waals surface area contributed by atoms with E-state index in [-0.39, 0.29) is 11.9 Å². The first kappa shape index (κ1) is 15.0. The Morgan fingerprint density at radius 2 is 2.18 bits per heavy atom. The minimum Gasteiger partial charge on any atom is -0.330 e. The molecule has 1 aromatic heterocycles. The van der Waals surface area contributed by atoms with Crippen molar-refractivity contribution in [2.24, 2.45) is 0 Å². The van der Waals surface area contributed by atoms with Crippen LogP contribution in [0.4, 0.5) is 0 Å². The Morgan fingerprint density at radius 1 is 1.36 bits per heavy atom. The van der Waals surface area contributed by atoms with Crippen molar-refractivity contribution in [1.82, 2.24) is 10.2 Å². The zero-order chi connectivity index (χ0) is 15.4. The molecule has 114 valence electrons. The van der Waals surface area contributed by atoms with Crippen LogP contribution in [0, 0.1) is 0 Å². The monoisotopic (exact) mass is 312 g/mol. The zero-order valence-electron chi connectivity index (χ0n) is 12.5. The van der Waals surface area contributed by atoms with Crippen LogP contribution in [0.5, 0.6) is 0 Å². The Balaban J connectivity index is 1.89. The van der Waals surface area contributed by atoms with E-state index in [4.69, 9.17) is 0 Å². The molecule has 1 aliphatic heterocycles. The van der Waals surface area contributed by atoms with E-state index in [0.717, 1.165) is 13.0 Å². The molecule has 1 aromatic carbocycles. The molecule has 0 saturated heterocycles. The molecule has 0 radical (unpaired) electrons. The van der Waals surface area contributed by atoms with Crippen molar-refractivity contribution in [2.75, 3.05) is 19.6 Å². The Kier molecular flexibility index (Phi) is 4.71. The molecule has 0 spiro atoms. The third kappa shape index (κ3) is 2.98. The van der Waals surface area contributed by atoms with Gasteiger partial charge in [0.1, 0.15) is 0 Å². The number of hydrogen-bond donors (Lipinski definition) is 1. The van der Waals surface area contributed by atoms with Crippen LogP contribution in [0.2, 0.25) is 0 Å². The van der Waals surface area contributed by atoms with Crippen LogP contribution in [-0.2, 0) is 11.2 Å². The number of amides is 1. The minimum atomic E-state index is 0.0363. The zero-order valence-corrected chi connectivity index (χ0v) is 13.3. The van der Waals surface area contributed by atoms with E-state index in [2.05, 4.69) is 35.5 Å². The van der Waals surface area contributed by atoms with Gasteiger partial charge in [-0.15, -0.1) is 17.9 Å². The summed E-state index contributed by atoms with van der Waals surface area (Å²) in [6, 6.07) is 12.5. The maximum atomic E-state index is 12.6. The van der Waals surface area contributed by atoms with Gasteiger partial charge in [0.05, 0.1) is 12.6 Å². The molecule has 1 amide bonds. The summed E-state index contributed by atoms with van der Waals surface area (Å²) in [5, 5.41) is 5.24. The van der Waals surface area contributed by atoms with Gasteiger partial charge in [0, 0.05) is 18.0 Å². The molecule has 22 heavy (non-hydrogen) atoms. The number of fused-ring (bicyclic) bond motifs is 1. The number of thiophene rings is 1. The van der Waals surface area contributed by atoms with Crippen molar-refractivity contribution >= 4 is 17.2 Å². The second-order valence-electron chi connectivity index (χ2n) is 5.37. The standard InChI is InChI=1S/C18H20N2OS/c1-2-10-19-13-17(21)20-11-8-16-15(9-12-22-16)18(20)14-6-4-3-5-7-14/h2-7,9,12,18-19H,1,8,10-11,13H2. The topological polar surface area (TPSA) is 32.3 Å². The highest BCUT2D eigenvalue weighted by Crippen LogP contribution is 2.37. The highest BCUT2D eigenvalue weighted by Gasteiger charge is 2.32. The number of benzene rings is 1. The van der Waals surface area contributed by atoms with Gasteiger partial charge in [0.25, 0.3) is 0 Å². The highest BCUT2D eigenvalue weighted by atomic mass is 32.1. The average molecular weight is 312 g/mol. The molecule has 1 atom stereocenters. The summed E-state index contributed by atoms with van der Waals surface area (Å²) < 4.78 is 0. The van der Waals surface area contributed by atoms with Gasteiger partial charge in [-0.2, -0.15) is 0 Å². The first-order chi connectivity index (χ1) is 10.8. The fraction of sp³-hybridized carbons (Fsp3) is 0.278. The summed E-state index contributed by atoms with van der Waals surface area (Å²) >= 11 is 1.79. The summed E-state index contributed by atoms with van der Waals surface area (Å²) in [4.78, 5) is 16.0. The van der Waals surface area contributed by atoms with Gasteiger partial charge >= 0.3 is 0 Å². The molecule has 2 aromatic rings.